The highest BCUT2D eigenvalue weighted by Gasteiger charge is 2.17. The minimum atomic E-state index is 0.619. The number of hydrogen-bond acceptors (Lipinski definition) is 5. The van der Waals surface area contributed by atoms with Gasteiger partial charge in [0.1, 0.15) is 16.0 Å². The van der Waals surface area contributed by atoms with Crippen molar-refractivity contribution >= 4 is 53.6 Å². The summed E-state index contributed by atoms with van der Waals surface area (Å²) in [5.41, 5.74) is 9.44. The van der Waals surface area contributed by atoms with Gasteiger partial charge in [0.05, 0.1) is 17.3 Å². The van der Waals surface area contributed by atoms with E-state index in [2.05, 4.69) is 115 Å². The topological polar surface area (TPSA) is 62.7 Å². The van der Waals surface area contributed by atoms with Gasteiger partial charge in [-0.05, 0) is 53.1 Å². The summed E-state index contributed by atoms with van der Waals surface area (Å²) in [6, 6.07) is 49.8. The van der Waals surface area contributed by atoms with E-state index in [1.165, 1.54) is 10.1 Å². The third-order valence-electron chi connectivity index (χ3n) is 8.54. The van der Waals surface area contributed by atoms with Crippen LogP contribution in [-0.2, 0) is 0 Å². The summed E-state index contributed by atoms with van der Waals surface area (Å²) in [5, 5.41) is 13.7. The molecular weight excluding hydrogens is 583 g/mol. The van der Waals surface area contributed by atoms with Gasteiger partial charge in [-0.15, -0.1) is 11.3 Å². The fraction of sp³-hybridized carbons (Fsp3) is 0. The van der Waals surface area contributed by atoms with Gasteiger partial charge in [-0.2, -0.15) is 5.26 Å². The number of fused-ring (bicyclic) bond motifs is 6. The second kappa shape index (κ2) is 10.5. The van der Waals surface area contributed by atoms with Crippen LogP contribution < -0.4 is 0 Å². The lowest BCUT2D eigenvalue weighted by atomic mass is 9.96. The molecule has 3 aromatic heterocycles. The number of rotatable bonds is 4. The Bertz CT molecular complexity index is 2660. The number of furan rings is 1. The molecule has 0 fully saturated rings. The zero-order valence-corrected chi connectivity index (χ0v) is 25.3. The van der Waals surface area contributed by atoms with Crippen LogP contribution in [0.4, 0.5) is 0 Å². The van der Waals surface area contributed by atoms with Crippen molar-refractivity contribution in [3.63, 3.8) is 0 Å². The molecular formula is C41H23N3OS. The molecule has 0 unspecified atom stereocenters. The lowest BCUT2D eigenvalue weighted by Crippen LogP contribution is -1.94. The number of hydrogen-bond donors (Lipinski definition) is 0. The Morgan fingerprint density at radius 1 is 0.565 bits per heavy atom. The van der Waals surface area contributed by atoms with Crippen molar-refractivity contribution in [2.75, 3.05) is 0 Å². The molecule has 4 nitrogen and oxygen atoms in total. The highest BCUT2D eigenvalue weighted by molar-refractivity contribution is 7.25. The largest absolute Gasteiger partial charge is 0.455 e. The third kappa shape index (κ3) is 4.28. The molecule has 46 heavy (non-hydrogen) atoms. The predicted molar refractivity (Wildman–Crippen MR) is 189 cm³/mol. The van der Waals surface area contributed by atoms with Crippen LogP contribution in [0.25, 0.3) is 87.1 Å². The molecule has 9 rings (SSSR count). The first-order valence-electron chi connectivity index (χ1n) is 15.0. The Labute approximate surface area is 268 Å². The monoisotopic (exact) mass is 605 g/mol. The molecule has 0 radical (unpaired) electrons. The average molecular weight is 606 g/mol. The lowest BCUT2D eigenvalue weighted by Gasteiger charge is -2.10. The van der Waals surface area contributed by atoms with E-state index < -0.39 is 0 Å². The second-order valence-electron chi connectivity index (χ2n) is 11.3. The number of nitrogens with zero attached hydrogens (tertiary/aromatic N) is 3. The standard InChI is InChI=1S/C41H23N3OS/c42-24-25-19-20-35-34(21-25)32-17-8-16-31(39(32)45-35)29-13-6-11-27(22-29)28-12-7-14-30(23-28)40-43-38(26-9-2-1-3-10-26)37-33-15-4-5-18-36(33)46-41(37)44-40/h1-23H. The smallest absolute Gasteiger partial charge is 0.161 e. The molecule has 0 aliphatic carbocycles. The molecule has 3 heterocycles. The molecule has 0 atom stereocenters. The zero-order chi connectivity index (χ0) is 30.6. The number of aromatic nitrogens is 2. The minimum Gasteiger partial charge on any atom is -0.455 e. The van der Waals surface area contributed by atoms with Crippen molar-refractivity contribution in [3.8, 4) is 51.0 Å². The molecule has 0 aliphatic heterocycles. The van der Waals surface area contributed by atoms with Gasteiger partial charge in [0.25, 0.3) is 0 Å². The van der Waals surface area contributed by atoms with Gasteiger partial charge < -0.3 is 4.42 Å². The first-order chi connectivity index (χ1) is 22.7. The number of para-hydroxylation sites is 1. The fourth-order valence-corrected chi connectivity index (χ4v) is 7.43. The van der Waals surface area contributed by atoms with Crippen molar-refractivity contribution < 1.29 is 4.42 Å². The maximum Gasteiger partial charge on any atom is 0.161 e. The zero-order valence-electron chi connectivity index (χ0n) is 24.4. The highest BCUT2D eigenvalue weighted by Crippen LogP contribution is 2.40. The van der Waals surface area contributed by atoms with E-state index in [0.29, 0.717) is 11.4 Å². The number of benzene rings is 6. The molecule has 6 aromatic carbocycles. The molecule has 214 valence electrons. The molecule has 0 spiro atoms. The first-order valence-corrected chi connectivity index (χ1v) is 15.9. The van der Waals surface area contributed by atoms with Crippen molar-refractivity contribution in [1.29, 1.82) is 5.26 Å². The van der Waals surface area contributed by atoms with E-state index in [0.717, 1.165) is 71.2 Å². The maximum absolute atomic E-state index is 9.42. The third-order valence-corrected chi connectivity index (χ3v) is 9.60. The van der Waals surface area contributed by atoms with E-state index in [1.807, 2.05) is 24.3 Å². The quantitative estimate of drug-likeness (QED) is 0.200. The highest BCUT2D eigenvalue weighted by atomic mass is 32.1. The van der Waals surface area contributed by atoms with Gasteiger partial charge >= 0.3 is 0 Å². The number of nitriles is 1. The molecule has 0 saturated carbocycles. The Hall–Kier alpha value is -6.09. The minimum absolute atomic E-state index is 0.619. The van der Waals surface area contributed by atoms with Gasteiger partial charge in [0.15, 0.2) is 5.82 Å². The maximum atomic E-state index is 9.42. The van der Waals surface area contributed by atoms with E-state index in [-0.39, 0.29) is 0 Å². The van der Waals surface area contributed by atoms with Crippen LogP contribution in [0, 0.1) is 11.3 Å². The molecule has 0 bridgehead atoms. The number of thiophene rings is 1. The predicted octanol–water partition coefficient (Wildman–Crippen LogP) is 11.3. The fourth-order valence-electron chi connectivity index (χ4n) is 6.36. The van der Waals surface area contributed by atoms with Crippen LogP contribution in [0.1, 0.15) is 5.56 Å². The van der Waals surface area contributed by atoms with Crippen LogP contribution in [0.5, 0.6) is 0 Å². The van der Waals surface area contributed by atoms with Crippen LogP contribution in [0.2, 0.25) is 0 Å². The van der Waals surface area contributed by atoms with E-state index in [1.54, 1.807) is 17.4 Å². The molecule has 0 amide bonds. The van der Waals surface area contributed by atoms with Crippen molar-refractivity contribution in [2.24, 2.45) is 0 Å². The summed E-state index contributed by atoms with van der Waals surface area (Å²) in [6.07, 6.45) is 0. The molecule has 0 aliphatic rings. The normalized spacial score (nSPS) is 11.5. The summed E-state index contributed by atoms with van der Waals surface area (Å²) in [6.45, 7) is 0. The molecule has 9 aromatic rings. The van der Waals surface area contributed by atoms with Crippen LogP contribution >= 0.6 is 11.3 Å². The summed E-state index contributed by atoms with van der Waals surface area (Å²) in [7, 11) is 0. The van der Waals surface area contributed by atoms with Gasteiger partial charge in [-0.25, -0.2) is 9.97 Å². The second-order valence-corrected chi connectivity index (χ2v) is 12.3. The first kappa shape index (κ1) is 26.3. The Morgan fingerprint density at radius 2 is 1.26 bits per heavy atom. The van der Waals surface area contributed by atoms with Crippen LogP contribution in [-0.4, -0.2) is 9.97 Å². The Kier molecular flexibility index (Phi) is 6.02. The van der Waals surface area contributed by atoms with Crippen molar-refractivity contribution in [2.45, 2.75) is 0 Å². The lowest BCUT2D eigenvalue weighted by molar-refractivity contribution is 0.670. The van der Waals surface area contributed by atoms with Crippen LogP contribution in [0.3, 0.4) is 0 Å². The Morgan fingerprint density at radius 3 is 2.11 bits per heavy atom. The van der Waals surface area contributed by atoms with Gasteiger partial charge in [-0.1, -0.05) is 103 Å². The van der Waals surface area contributed by atoms with Gasteiger partial charge in [0, 0.05) is 42.9 Å². The summed E-state index contributed by atoms with van der Waals surface area (Å²) in [4.78, 5) is 11.3. The average Bonchev–Trinajstić information content (AvgIpc) is 3.69. The van der Waals surface area contributed by atoms with E-state index >= 15 is 0 Å². The van der Waals surface area contributed by atoms with E-state index in [9.17, 15) is 5.26 Å². The Balaban J connectivity index is 1.16. The van der Waals surface area contributed by atoms with Gasteiger partial charge in [0.2, 0.25) is 0 Å². The molecule has 0 N–H and O–H groups in total. The van der Waals surface area contributed by atoms with E-state index in [4.69, 9.17) is 14.4 Å². The summed E-state index contributed by atoms with van der Waals surface area (Å²) in [5.74, 6) is 0.708. The summed E-state index contributed by atoms with van der Waals surface area (Å²) < 4.78 is 7.54. The SMILES string of the molecule is N#Cc1ccc2oc3c(-c4cccc(-c5cccc(-c6nc(-c7ccccc7)c7c(n6)sc6ccccc67)c5)c4)cccc3c2c1. The van der Waals surface area contributed by atoms with Crippen molar-refractivity contribution in [1.82, 2.24) is 9.97 Å². The molecule has 5 heteroatoms. The van der Waals surface area contributed by atoms with Crippen LogP contribution in [0.15, 0.2) is 144 Å². The molecule has 0 saturated heterocycles. The van der Waals surface area contributed by atoms with Crippen molar-refractivity contribution in [3.05, 3.63) is 145 Å². The summed E-state index contributed by atoms with van der Waals surface area (Å²) >= 11 is 1.71. The van der Waals surface area contributed by atoms with Gasteiger partial charge in [-0.3, -0.25) is 0 Å².